The van der Waals surface area contributed by atoms with E-state index in [1.807, 2.05) is 47.8 Å². The van der Waals surface area contributed by atoms with Crippen LogP contribution in [0, 0.1) is 0 Å². The molecule has 5 heteroatoms. The van der Waals surface area contributed by atoms with Gasteiger partial charge in [0.2, 0.25) is 0 Å². The minimum absolute atomic E-state index is 0.231. The monoisotopic (exact) mass is 413 g/mol. The number of ether oxygens (including phenoxy) is 1. The Morgan fingerprint density at radius 1 is 0.800 bits per heavy atom. The Morgan fingerprint density at radius 3 is 2.23 bits per heavy atom. The van der Waals surface area contributed by atoms with E-state index in [4.69, 9.17) is 4.74 Å². The van der Waals surface area contributed by atoms with Gasteiger partial charge in [-0.1, -0.05) is 54.6 Å². The van der Waals surface area contributed by atoms with Crippen LogP contribution < -0.4 is 4.74 Å². The predicted octanol–water partition coefficient (Wildman–Crippen LogP) is 5.71. The van der Waals surface area contributed by atoms with Crippen LogP contribution in [-0.2, 0) is 0 Å². The van der Waals surface area contributed by atoms with Gasteiger partial charge in [-0.05, 0) is 35.0 Å². The molecule has 0 fully saturated rings. The molecule has 0 radical (unpaired) electrons. The zero-order valence-electron chi connectivity index (χ0n) is 16.2. The average molecular weight is 413 g/mol. The zero-order valence-corrected chi connectivity index (χ0v) is 17.0. The highest BCUT2D eigenvalue weighted by Gasteiger charge is 2.35. The van der Waals surface area contributed by atoms with Crippen molar-refractivity contribution in [2.45, 2.75) is 12.5 Å². The lowest BCUT2D eigenvalue weighted by atomic mass is 10.1. The second-order valence-electron chi connectivity index (χ2n) is 7.20. The van der Waals surface area contributed by atoms with Crippen molar-refractivity contribution in [3.8, 4) is 5.75 Å². The summed E-state index contributed by atoms with van der Waals surface area (Å²) in [5.74, 6) is 0.338. The largest absolute Gasteiger partial charge is 0.484 e. The number of imide groups is 1. The van der Waals surface area contributed by atoms with Crippen molar-refractivity contribution in [1.82, 2.24) is 4.90 Å². The molecule has 0 saturated carbocycles. The van der Waals surface area contributed by atoms with Gasteiger partial charge in [-0.15, -0.1) is 11.3 Å². The number of thiophene rings is 1. The van der Waals surface area contributed by atoms with Crippen LogP contribution in [-0.4, -0.2) is 23.3 Å². The van der Waals surface area contributed by atoms with Gasteiger partial charge in [0.1, 0.15) is 11.9 Å². The normalized spacial score (nSPS) is 14.2. The Morgan fingerprint density at radius 2 is 1.50 bits per heavy atom. The van der Waals surface area contributed by atoms with Crippen LogP contribution in [0.5, 0.6) is 5.75 Å². The first-order valence-corrected chi connectivity index (χ1v) is 10.7. The molecule has 3 aromatic carbocycles. The second kappa shape index (κ2) is 7.76. The highest BCUT2D eigenvalue weighted by atomic mass is 32.1. The molecular weight excluding hydrogens is 394 g/mol. The van der Waals surface area contributed by atoms with Crippen LogP contribution in [0.3, 0.4) is 0 Å². The molecule has 30 heavy (non-hydrogen) atoms. The molecule has 148 valence electrons. The van der Waals surface area contributed by atoms with Gasteiger partial charge in [0.05, 0.1) is 11.1 Å². The average Bonchev–Trinajstić information content (AvgIpc) is 3.40. The first kappa shape index (κ1) is 18.6. The van der Waals surface area contributed by atoms with Crippen LogP contribution in [0.15, 0.2) is 84.2 Å². The highest BCUT2D eigenvalue weighted by Crippen LogP contribution is 2.33. The molecule has 2 heterocycles. The number of hydrogen-bond acceptors (Lipinski definition) is 4. The second-order valence-corrected chi connectivity index (χ2v) is 8.17. The highest BCUT2D eigenvalue weighted by molar-refractivity contribution is 7.10. The van der Waals surface area contributed by atoms with Crippen molar-refractivity contribution in [2.24, 2.45) is 0 Å². The van der Waals surface area contributed by atoms with Gasteiger partial charge in [-0.2, -0.15) is 0 Å². The third-order valence-corrected chi connectivity index (χ3v) is 6.34. The van der Waals surface area contributed by atoms with Gasteiger partial charge in [0.15, 0.2) is 0 Å². The number of hydrogen-bond donors (Lipinski definition) is 0. The summed E-state index contributed by atoms with van der Waals surface area (Å²) < 4.78 is 6.44. The number of amides is 2. The molecule has 1 aliphatic rings. The van der Waals surface area contributed by atoms with E-state index in [0.717, 1.165) is 21.4 Å². The summed E-state index contributed by atoms with van der Waals surface area (Å²) in [5.41, 5.74) is 0.954. The first-order valence-electron chi connectivity index (χ1n) is 9.85. The van der Waals surface area contributed by atoms with E-state index < -0.39 is 0 Å². The maximum Gasteiger partial charge on any atom is 0.261 e. The van der Waals surface area contributed by atoms with Gasteiger partial charge in [-0.3, -0.25) is 14.5 Å². The lowest BCUT2D eigenvalue weighted by Crippen LogP contribution is -2.32. The van der Waals surface area contributed by atoms with Crippen LogP contribution in [0.4, 0.5) is 0 Å². The van der Waals surface area contributed by atoms with Crippen molar-refractivity contribution in [3.05, 3.63) is 100 Å². The van der Waals surface area contributed by atoms with Gasteiger partial charge in [0, 0.05) is 23.2 Å². The maximum absolute atomic E-state index is 12.7. The van der Waals surface area contributed by atoms with Crippen molar-refractivity contribution in [3.63, 3.8) is 0 Å². The Bertz CT molecular complexity index is 1190. The standard InChI is InChI=1S/C25H19NO3S/c27-24-19-10-3-4-11-20(19)25(28)26(24)15-14-22(23-13-6-16-30-23)29-21-12-5-8-17-7-1-2-9-18(17)21/h1-13,16,22H,14-15H2. The molecule has 4 aromatic rings. The first-order chi connectivity index (χ1) is 14.7. The lowest BCUT2D eigenvalue weighted by Gasteiger charge is -2.22. The number of rotatable bonds is 6. The summed E-state index contributed by atoms with van der Waals surface area (Å²) in [7, 11) is 0. The molecule has 1 unspecified atom stereocenters. The Labute approximate surface area is 178 Å². The number of carbonyl (C=O) groups is 2. The summed E-state index contributed by atoms with van der Waals surface area (Å²) in [5, 5.41) is 4.17. The number of benzene rings is 3. The molecule has 0 saturated heterocycles. The van der Waals surface area contributed by atoms with Crippen molar-refractivity contribution in [2.75, 3.05) is 6.54 Å². The fourth-order valence-electron chi connectivity index (χ4n) is 3.87. The molecule has 0 spiro atoms. The van der Waals surface area contributed by atoms with E-state index in [2.05, 4.69) is 12.1 Å². The molecule has 1 atom stereocenters. The van der Waals surface area contributed by atoms with Crippen LogP contribution in [0.2, 0.25) is 0 Å². The Hall–Kier alpha value is -3.44. The van der Waals surface area contributed by atoms with E-state index in [0.29, 0.717) is 24.1 Å². The molecule has 1 aromatic heterocycles. The predicted molar refractivity (Wildman–Crippen MR) is 118 cm³/mol. The van der Waals surface area contributed by atoms with Crippen LogP contribution in [0.25, 0.3) is 10.8 Å². The molecule has 4 nitrogen and oxygen atoms in total. The van der Waals surface area contributed by atoms with Gasteiger partial charge in [-0.25, -0.2) is 0 Å². The molecule has 0 bridgehead atoms. The lowest BCUT2D eigenvalue weighted by molar-refractivity contribution is 0.0631. The molecule has 0 aliphatic carbocycles. The SMILES string of the molecule is O=C1c2ccccc2C(=O)N1CCC(Oc1cccc2ccccc12)c1cccs1. The summed E-state index contributed by atoms with van der Waals surface area (Å²) in [4.78, 5) is 27.8. The third-order valence-electron chi connectivity index (χ3n) is 5.37. The minimum Gasteiger partial charge on any atom is -0.484 e. The quantitative estimate of drug-likeness (QED) is 0.381. The van der Waals surface area contributed by atoms with Crippen molar-refractivity contribution < 1.29 is 14.3 Å². The molecular formula is C25H19NO3S. The fraction of sp³-hybridized carbons (Fsp3) is 0.120. The van der Waals surface area contributed by atoms with Gasteiger partial charge >= 0.3 is 0 Å². The molecule has 5 rings (SSSR count). The zero-order chi connectivity index (χ0) is 20.5. The van der Waals surface area contributed by atoms with Crippen molar-refractivity contribution in [1.29, 1.82) is 0 Å². The van der Waals surface area contributed by atoms with E-state index >= 15 is 0 Å². The van der Waals surface area contributed by atoms with Gasteiger partial charge < -0.3 is 4.74 Å². The Balaban J connectivity index is 1.40. The molecule has 2 amide bonds. The minimum atomic E-state index is -0.250. The van der Waals surface area contributed by atoms with E-state index in [9.17, 15) is 9.59 Å². The van der Waals surface area contributed by atoms with Crippen LogP contribution >= 0.6 is 11.3 Å². The topological polar surface area (TPSA) is 46.6 Å². The van der Waals surface area contributed by atoms with Gasteiger partial charge in [0.25, 0.3) is 11.8 Å². The molecule has 0 N–H and O–H groups in total. The number of carbonyl (C=O) groups excluding carboxylic acids is 2. The summed E-state index contributed by atoms with van der Waals surface area (Å²) in [6.07, 6.45) is 0.273. The van der Waals surface area contributed by atoms with Crippen molar-refractivity contribution >= 4 is 33.9 Å². The smallest absolute Gasteiger partial charge is 0.261 e. The number of nitrogens with zero attached hydrogens (tertiary/aromatic N) is 1. The van der Waals surface area contributed by atoms with Crippen LogP contribution in [0.1, 0.15) is 38.1 Å². The summed E-state index contributed by atoms with van der Waals surface area (Å²) >= 11 is 1.61. The summed E-state index contributed by atoms with van der Waals surface area (Å²) in [6, 6.07) is 25.1. The van der Waals surface area contributed by atoms with E-state index in [1.54, 1.807) is 35.6 Å². The van der Waals surface area contributed by atoms with E-state index in [-0.39, 0.29) is 17.9 Å². The number of fused-ring (bicyclic) bond motifs is 2. The Kier molecular flexibility index (Phi) is 4.81. The maximum atomic E-state index is 12.7. The van der Waals surface area contributed by atoms with E-state index in [1.165, 1.54) is 4.90 Å². The molecule has 1 aliphatic heterocycles. The summed E-state index contributed by atoms with van der Waals surface area (Å²) in [6.45, 7) is 0.305. The third kappa shape index (κ3) is 3.27. The fourth-order valence-corrected chi connectivity index (χ4v) is 4.66.